The summed E-state index contributed by atoms with van der Waals surface area (Å²) in [7, 11) is 0. The molecule has 0 aromatic heterocycles. The molecule has 6 nitrogen and oxygen atoms in total. The summed E-state index contributed by atoms with van der Waals surface area (Å²) in [6.07, 6.45) is -0.630. The maximum Gasteiger partial charge on any atom is 0.149 e. The van der Waals surface area contributed by atoms with E-state index in [1.807, 2.05) is 48.5 Å². The molecule has 3 heterocycles. The number of ether oxygens (including phenoxy) is 3. The van der Waals surface area contributed by atoms with Crippen molar-refractivity contribution in [2.24, 2.45) is 0 Å². The lowest BCUT2D eigenvalue weighted by molar-refractivity contribution is -0.138. The fraction of sp³-hybridized carbons (Fsp3) is 0.400. The van der Waals surface area contributed by atoms with Gasteiger partial charge in [-0.05, 0) is 49.2 Å². The Kier molecular flexibility index (Phi) is 3.22. The van der Waals surface area contributed by atoms with Gasteiger partial charge in [-0.2, -0.15) is 0 Å². The van der Waals surface area contributed by atoms with Crippen molar-refractivity contribution in [1.82, 2.24) is 4.90 Å². The van der Waals surface area contributed by atoms with E-state index in [1.54, 1.807) is 0 Å². The highest BCUT2D eigenvalue weighted by Crippen LogP contribution is 2.55. The number of hydrogen-bond acceptors (Lipinski definition) is 6. The number of rotatable bonds is 2. The second kappa shape index (κ2) is 5.20. The molecule has 0 saturated carbocycles. The van der Waals surface area contributed by atoms with Gasteiger partial charge in [0.1, 0.15) is 29.9 Å². The van der Waals surface area contributed by atoms with Crippen molar-refractivity contribution in [3.63, 3.8) is 0 Å². The summed E-state index contributed by atoms with van der Waals surface area (Å²) in [6.45, 7) is 4.64. The van der Waals surface area contributed by atoms with Gasteiger partial charge in [0.2, 0.25) is 0 Å². The molecule has 5 atom stereocenters. The van der Waals surface area contributed by atoms with Crippen LogP contribution in [0.25, 0.3) is 0 Å². The minimum Gasteiger partial charge on any atom is -0.399 e. The molecule has 5 rings (SSSR count). The lowest BCUT2D eigenvalue weighted by atomic mass is 9.93. The van der Waals surface area contributed by atoms with Crippen LogP contribution in [0.1, 0.15) is 25.0 Å². The summed E-state index contributed by atoms with van der Waals surface area (Å²) in [4.78, 5) is 2.20. The highest BCUT2D eigenvalue weighted by Gasteiger charge is 2.68. The summed E-state index contributed by atoms with van der Waals surface area (Å²) < 4.78 is 19.1. The highest BCUT2D eigenvalue weighted by molar-refractivity contribution is 5.45. The SMILES string of the molecule is C[C@@]1(c2cccc(N)c2)O[C@@H]2N3[C@H](CO[C@H]31)O[C@]2(C)c1cccc(N)c1. The Bertz CT molecular complexity index is 829. The number of nitrogen functional groups attached to an aromatic ring is 2. The van der Waals surface area contributed by atoms with E-state index in [2.05, 4.69) is 18.7 Å². The van der Waals surface area contributed by atoms with E-state index < -0.39 is 11.2 Å². The molecule has 0 aliphatic carbocycles. The van der Waals surface area contributed by atoms with Crippen molar-refractivity contribution < 1.29 is 14.2 Å². The number of benzene rings is 2. The standard InChI is InChI=1S/C20H23N3O3/c1-19(12-5-3-7-14(21)9-12)17-23-16(11-24-17)25-20(2,18(23)26-19)13-6-4-8-15(22)10-13/h3-10,16-18H,11,21-22H2,1-2H3/t16-,17-,18-,19-,20+/m0/s1. The van der Waals surface area contributed by atoms with Crippen molar-refractivity contribution in [1.29, 1.82) is 0 Å². The topological polar surface area (TPSA) is 83.0 Å². The molecule has 3 aliphatic heterocycles. The number of hydrogen-bond donors (Lipinski definition) is 2. The molecule has 136 valence electrons. The molecule has 3 fully saturated rings. The predicted octanol–water partition coefficient (Wildman–Crippen LogP) is 2.35. The summed E-state index contributed by atoms with van der Waals surface area (Å²) in [6, 6.07) is 15.6. The molecule has 0 radical (unpaired) electrons. The largest absolute Gasteiger partial charge is 0.399 e. The zero-order valence-corrected chi connectivity index (χ0v) is 14.9. The van der Waals surface area contributed by atoms with Crippen LogP contribution in [0.2, 0.25) is 0 Å². The van der Waals surface area contributed by atoms with Crippen molar-refractivity contribution in [3.05, 3.63) is 59.7 Å². The zero-order valence-electron chi connectivity index (χ0n) is 14.9. The van der Waals surface area contributed by atoms with Crippen molar-refractivity contribution in [3.8, 4) is 0 Å². The van der Waals surface area contributed by atoms with E-state index in [9.17, 15) is 0 Å². The Morgan fingerprint density at radius 2 is 1.46 bits per heavy atom. The maximum absolute atomic E-state index is 6.64. The van der Waals surface area contributed by atoms with Gasteiger partial charge in [0.05, 0.1) is 6.61 Å². The Balaban J connectivity index is 1.59. The van der Waals surface area contributed by atoms with E-state index in [0.29, 0.717) is 18.0 Å². The van der Waals surface area contributed by atoms with E-state index >= 15 is 0 Å². The van der Waals surface area contributed by atoms with Gasteiger partial charge in [-0.25, -0.2) is 4.90 Å². The lowest BCUT2D eigenvalue weighted by Gasteiger charge is -2.33. The third-order valence-electron chi connectivity index (χ3n) is 5.87. The van der Waals surface area contributed by atoms with Crippen LogP contribution >= 0.6 is 0 Å². The molecule has 3 aliphatic rings. The molecule has 3 saturated heterocycles. The fourth-order valence-electron chi connectivity index (χ4n) is 4.51. The van der Waals surface area contributed by atoms with Crippen LogP contribution in [-0.2, 0) is 25.4 Å². The quantitative estimate of drug-likeness (QED) is 0.807. The summed E-state index contributed by atoms with van der Waals surface area (Å²) >= 11 is 0. The van der Waals surface area contributed by atoms with Crippen molar-refractivity contribution in [2.75, 3.05) is 18.1 Å². The monoisotopic (exact) mass is 353 g/mol. The Labute approximate surface area is 152 Å². The van der Waals surface area contributed by atoms with Gasteiger partial charge in [0.25, 0.3) is 0 Å². The Morgan fingerprint density at radius 1 is 0.885 bits per heavy atom. The minimum absolute atomic E-state index is 0.140. The number of anilines is 2. The number of nitrogens with zero attached hydrogens (tertiary/aromatic N) is 1. The second-order valence-corrected chi connectivity index (χ2v) is 7.64. The van der Waals surface area contributed by atoms with Crippen molar-refractivity contribution in [2.45, 2.75) is 43.7 Å². The maximum atomic E-state index is 6.64. The molecule has 0 amide bonds. The van der Waals surface area contributed by atoms with Crippen molar-refractivity contribution >= 4 is 11.4 Å². The molecule has 0 bridgehead atoms. The summed E-state index contributed by atoms with van der Waals surface area (Å²) in [5.74, 6) is 0. The molecule has 26 heavy (non-hydrogen) atoms. The van der Waals surface area contributed by atoms with Gasteiger partial charge in [-0.1, -0.05) is 24.3 Å². The van der Waals surface area contributed by atoms with Crippen LogP contribution in [0.15, 0.2) is 48.5 Å². The molecular formula is C20H23N3O3. The Morgan fingerprint density at radius 3 is 2.04 bits per heavy atom. The first-order chi connectivity index (χ1) is 12.4. The van der Waals surface area contributed by atoms with Crippen LogP contribution in [0.5, 0.6) is 0 Å². The molecule has 2 aromatic carbocycles. The van der Waals surface area contributed by atoms with E-state index in [-0.39, 0.29) is 18.7 Å². The summed E-state index contributed by atoms with van der Waals surface area (Å²) in [5, 5.41) is 0. The Hall–Kier alpha value is -2.12. The molecule has 6 heteroatoms. The zero-order chi connectivity index (χ0) is 18.1. The van der Waals surface area contributed by atoms with Crippen LogP contribution in [0, 0.1) is 0 Å². The molecule has 4 N–H and O–H groups in total. The number of nitrogens with two attached hydrogens (primary N) is 2. The van der Waals surface area contributed by atoms with Gasteiger partial charge in [-0.15, -0.1) is 0 Å². The summed E-state index contributed by atoms with van der Waals surface area (Å²) in [5.41, 5.74) is 14.2. The average molecular weight is 353 g/mol. The molecule has 2 aromatic rings. The van der Waals surface area contributed by atoms with Gasteiger partial charge in [0.15, 0.2) is 0 Å². The molecule has 0 unspecified atom stereocenters. The van der Waals surface area contributed by atoms with Crippen LogP contribution < -0.4 is 11.5 Å². The van der Waals surface area contributed by atoms with Crippen LogP contribution in [-0.4, -0.2) is 30.2 Å². The van der Waals surface area contributed by atoms with E-state index in [0.717, 1.165) is 11.1 Å². The molecular weight excluding hydrogens is 330 g/mol. The van der Waals surface area contributed by atoms with Gasteiger partial charge >= 0.3 is 0 Å². The van der Waals surface area contributed by atoms with E-state index in [1.165, 1.54) is 0 Å². The fourth-order valence-corrected chi connectivity index (χ4v) is 4.51. The molecule has 0 spiro atoms. The predicted molar refractivity (Wildman–Crippen MR) is 97.7 cm³/mol. The third kappa shape index (κ3) is 2.01. The van der Waals surface area contributed by atoms with Crippen LogP contribution in [0.4, 0.5) is 11.4 Å². The minimum atomic E-state index is -0.625. The van der Waals surface area contributed by atoms with Gasteiger partial charge in [-0.3, -0.25) is 0 Å². The second-order valence-electron chi connectivity index (χ2n) is 7.64. The lowest BCUT2D eigenvalue weighted by Crippen LogP contribution is -2.40. The average Bonchev–Trinajstić information content (AvgIpc) is 3.24. The van der Waals surface area contributed by atoms with Gasteiger partial charge in [0, 0.05) is 11.4 Å². The third-order valence-corrected chi connectivity index (χ3v) is 5.87. The van der Waals surface area contributed by atoms with Gasteiger partial charge < -0.3 is 25.7 Å². The van der Waals surface area contributed by atoms with Crippen LogP contribution in [0.3, 0.4) is 0 Å². The first-order valence-electron chi connectivity index (χ1n) is 8.88. The first-order valence-corrected chi connectivity index (χ1v) is 8.88. The first kappa shape index (κ1) is 16.1. The highest BCUT2D eigenvalue weighted by atomic mass is 16.7. The van der Waals surface area contributed by atoms with E-state index in [4.69, 9.17) is 25.7 Å². The smallest absolute Gasteiger partial charge is 0.149 e. The normalized spacial score (nSPS) is 38.6.